The summed E-state index contributed by atoms with van der Waals surface area (Å²) in [6.07, 6.45) is 3.22. The molecule has 0 heterocycles. The van der Waals surface area contributed by atoms with Gasteiger partial charge in [0, 0.05) is 11.3 Å². The molecule has 0 aromatic heterocycles. The Bertz CT molecular complexity index is 732. The van der Waals surface area contributed by atoms with Crippen molar-refractivity contribution < 1.29 is 14.3 Å². The molecule has 0 unspecified atom stereocenters. The van der Waals surface area contributed by atoms with Crippen LogP contribution in [0.2, 0.25) is 0 Å². The average Bonchev–Trinajstić information content (AvgIpc) is 2.63. The van der Waals surface area contributed by atoms with Gasteiger partial charge in [0.25, 0.3) is 0 Å². The smallest absolute Gasteiger partial charge is 0.329 e. The van der Waals surface area contributed by atoms with Gasteiger partial charge in [0.15, 0.2) is 5.75 Å². The van der Waals surface area contributed by atoms with Crippen LogP contribution in [0.1, 0.15) is 38.2 Å². The van der Waals surface area contributed by atoms with Crippen LogP contribution >= 0.6 is 11.9 Å². The highest BCUT2D eigenvalue weighted by atomic mass is 32.2. The van der Waals surface area contributed by atoms with E-state index in [9.17, 15) is 9.59 Å². The van der Waals surface area contributed by atoms with Crippen molar-refractivity contribution in [2.24, 2.45) is 0 Å². The summed E-state index contributed by atoms with van der Waals surface area (Å²) in [4.78, 5) is 25.0. The van der Waals surface area contributed by atoms with E-state index in [1.807, 2.05) is 31.2 Å². The fourth-order valence-electron chi connectivity index (χ4n) is 2.21. The fourth-order valence-corrected chi connectivity index (χ4v) is 2.75. The molecule has 0 aliphatic rings. The summed E-state index contributed by atoms with van der Waals surface area (Å²) in [6.45, 7) is 4.09. The van der Waals surface area contributed by atoms with Crippen LogP contribution in [0.25, 0.3) is 0 Å². The topological polar surface area (TPSA) is 67.4 Å². The number of anilines is 1. The highest BCUT2D eigenvalue weighted by Crippen LogP contribution is 2.25. The molecule has 0 spiro atoms. The van der Waals surface area contributed by atoms with Gasteiger partial charge in [-0.1, -0.05) is 49.6 Å². The first-order chi connectivity index (χ1) is 12.6. The Balaban J connectivity index is 1.88. The summed E-state index contributed by atoms with van der Waals surface area (Å²) in [5.74, 6) is 0.0617. The first-order valence-corrected chi connectivity index (χ1v) is 9.50. The molecule has 26 heavy (non-hydrogen) atoms. The van der Waals surface area contributed by atoms with E-state index in [-0.39, 0.29) is 12.0 Å². The zero-order valence-corrected chi connectivity index (χ0v) is 15.9. The van der Waals surface area contributed by atoms with Crippen molar-refractivity contribution in [3.05, 3.63) is 54.1 Å². The summed E-state index contributed by atoms with van der Waals surface area (Å²) in [7, 11) is 0. The summed E-state index contributed by atoms with van der Waals surface area (Å²) >= 11 is 1.22. The third-order valence-corrected chi connectivity index (χ3v) is 4.42. The highest BCUT2D eigenvalue weighted by Gasteiger charge is 2.11. The van der Waals surface area contributed by atoms with Gasteiger partial charge in [-0.3, -0.25) is 9.52 Å². The number of nitrogens with one attached hydrogen (secondary N) is 2. The van der Waals surface area contributed by atoms with Gasteiger partial charge in [-0.25, -0.2) is 4.79 Å². The number of unbranched alkanes of at least 4 members (excludes halogenated alkanes) is 2. The molecular formula is C20H24N2O3S. The highest BCUT2D eigenvalue weighted by molar-refractivity contribution is 7.98. The number of esters is 1. The molecule has 0 bridgehead atoms. The van der Waals surface area contributed by atoms with E-state index in [0.717, 1.165) is 29.7 Å². The molecule has 0 fully saturated rings. The van der Waals surface area contributed by atoms with Crippen molar-refractivity contribution in [2.45, 2.75) is 44.4 Å². The number of hydrogen-bond acceptors (Lipinski definition) is 4. The lowest BCUT2D eigenvalue weighted by atomic mass is 10.2. The fraction of sp³-hybridized carbons (Fsp3) is 0.300. The minimum atomic E-state index is -0.384. The number of ether oxygens (including phenoxy) is 1. The molecule has 2 amide bonds. The summed E-state index contributed by atoms with van der Waals surface area (Å²) in [5.41, 5.74) is 1.62. The Morgan fingerprint density at radius 3 is 2.50 bits per heavy atom. The van der Waals surface area contributed by atoms with Gasteiger partial charge in [-0.15, -0.1) is 0 Å². The van der Waals surface area contributed by atoms with Crippen molar-refractivity contribution in [3.8, 4) is 5.75 Å². The predicted molar refractivity (Wildman–Crippen MR) is 105 cm³/mol. The lowest BCUT2D eigenvalue weighted by Crippen LogP contribution is -2.23. The van der Waals surface area contributed by atoms with E-state index in [0.29, 0.717) is 17.9 Å². The molecule has 0 saturated heterocycles. The molecule has 6 heteroatoms. The number of aryl methyl sites for hydroxylation is 1. The molecule has 2 rings (SSSR count). The number of hydrogen-bond donors (Lipinski definition) is 2. The van der Waals surface area contributed by atoms with Crippen LogP contribution in [-0.2, 0) is 4.79 Å². The van der Waals surface area contributed by atoms with Crippen LogP contribution in [0.4, 0.5) is 10.5 Å². The van der Waals surface area contributed by atoms with Crippen LogP contribution < -0.4 is 14.8 Å². The number of urea groups is 1. The SMILES string of the molecule is CCCCCC(=O)Oc1ccccc1NC(=O)NSc1ccc(C)cc1. The molecule has 2 aromatic rings. The van der Waals surface area contributed by atoms with Crippen molar-refractivity contribution in [1.82, 2.24) is 4.72 Å². The van der Waals surface area contributed by atoms with Crippen LogP contribution in [0.5, 0.6) is 5.75 Å². The van der Waals surface area contributed by atoms with Gasteiger partial charge in [0.05, 0.1) is 5.69 Å². The standard InChI is InChI=1S/C20H24N2O3S/c1-3-4-5-10-19(23)25-18-9-7-6-8-17(18)21-20(24)22-26-16-13-11-15(2)12-14-16/h6-9,11-14H,3-5,10H2,1-2H3,(H2,21,22,24). The summed E-state index contributed by atoms with van der Waals surface area (Å²) in [5, 5.41) is 2.72. The van der Waals surface area contributed by atoms with E-state index in [4.69, 9.17) is 4.74 Å². The van der Waals surface area contributed by atoms with Gasteiger partial charge in [0.2, 0.25) is 0 Å². The minimum Gasteiger partial charge on any atom is -0.424 e. The Labute approximate surface area is 158 Å². The maximum Gasteiger partial charge on any atom is 0.329 e. The van der Waals surface area contributed by atoms with Gasteiger partial charge in [-0.2, -0.15) is 0 Å². The van der Waals surface area contributed by atoms with Crippen LogP contribution in [-0.4, -0.2) is 12.0 Å². The van der Waals surface area contributed by atoms with E-state index < -0.39 is 0 Å². The molecule has 0 saturated carbocycles. The molecule has 5 nitrogen and oxygen atoms in total. The normalized spacial score (nSPS) is 10.2. The number of benzene rings is 2. The van der Waals surface area contributed by atoms with Crippen LogP contribution in [0, 0.1) is 6.92 Å². The molecular weight excluding hydrogens is 348 g/mol. The Hall–Kier alpha value is -2.47. The van der Waals surface area contributed by atoms with E-state index in [1.54, 1.807) is 24.3 Å². The Kier molecular flexibility index (Phi) is 8.02. The largest absolute Gasteiger partial charge is 0.424 e. The number of para-hydroxylation sites is 2. The minimum absolute atomic E-state index is 0.290. The second kappa shape index (κ2) is 10.5. The van der Waals surface area contributed by atoms with Crippen molar-refractivity contribution >= 4 is 29.6 Å². The molecule has 0 atom stereocenters. The van der Waals surface area contributed by atoms with Gasteiger partial charge in [-0.05, 0) is 49.6 Å². The first-order valence-electron chi connectivity index (χ1n) is 8.68. The number of carbonyl (C=O) groups is 2. The molecule has 0 aliphatic carbocycles. The van der Waals surface area contributed by atoms with Crippen LogP contribution in [0.3, 0.4) is 0 Å². The molecule has 138 valence electrons. The van der Waals surface area contributed by atoms with Gasteiger partial charge >= 0.3 is 12.0 Å². The zero-order chi connectivity index (χ0) is 18.8. The zero-order valence-electron chi connectivity index (χ0n) is 15.1. The van der Waals surface area contributed by atoms with E-state index >= 15 is 0 Å². The van der Waals surface area contributed by atoms with Crippen molar-refractivity contribution in [3.63, 3.8) is 0 Å². The lowest BCUT2D eigenvalue weighted by Gasteiger charge is -2.12. The quantitative estimate of drug-likeness (QED) is 0.285. The maximum absolute atomic E-state index is 12.1. The average molecular weight is 372 g/mol. The molecule has 0 aliphatic heterocycles. The third kappa shape index (κ3) is 6.80. The van der Waals surface area contributed by atoms with E-state index in [1.165, 1.54) is 11.9 Å². The second-order valence-corrected chi connectivity index (χ2v) is 6.78. The van der Waals surface area contributed by atoms with Gasteiger partial charge in [0.1, 0.15) is 0 Å². The molecule has 2 aromatic carbocycles. The molecule has 2 N–H and O–H groups in total. The van der Waals surface area contributed by atoms with Gasteiger partial charge < -0.3 is 10.1 Å². The summed E-state index contributed by atoms with van der Waals surface area (Å²) in [6, 6.07) is 14.4. The number of rotatable bonds is 8. The summed E-state index contributed by atoms with van der Waals surface area (Å²) < 4.78 is 8.10. The van der Waals surface area contributed by atoms with E-state index in [2.05, 4.69) is 17.0 Å². The van der Waals surface area contributed by atoms with Crippen molar-refractivity contribution in [1.29, 1.82) is 0 Å². The number of amides is 2. The molecule has 0 radical (unpaired) electrons. The van der Waals surface area contributed by atoms with Crippen molar-refractivity contribution in [2.75, 3.05) is 5.32 Å². The van der Waals surface area contributed by atoms with Crippen LogP contribution in [0.15, 0.2) is 53.4 Å². The lowest BCUT2D eigenvalue weighted by molar-refractivity contribution is -0.134. The Morgan fingerprint density at radius 1 is 1.04 bits per heavy atom. The third-order valence-electron chi connectivity index (χ3n) is 3.63. The maximum atomic E-state index is 12.1. The number of carbonyl (C=O) groups excluding carboxylic acids is 2. The monoisotopic (exact) mass is 372 g/mol. The second-order valence-electron chi connectivity index (χ2n) is 5.90. The Morgan fingerprint density at radius 2 is 1.77 bits per heavy atom. The predicted octanol–water partition coefficient (Wildman–Crippen LogP) is 5.31. The first kappa shape index (κ1) is 19.8.